The standard InChI is InChI=1S/C26H29F3N2O7/c1-3-4-5-31(2)10-12-8-15(32)18-14(20(12)26(27,28)29)7-11-6-13-9-16(33)19(24(30)37)23(36)25(13,38)22(35)17(11)21(18)34/h8,11,13,32-33,35,38H,3-7,9-10H2,1-2H3,(H2,30,37)/t11-,13+,25+/m1/s1. The Labute approximate surface area is 216 Å². The summed E-state index contributed by atoms with van der Waals surface area (Å²) in [7, 11) is 1.65. The van der Waals surface area contributed by atoms with E-state index in [2.05, 4.69) is 0 Å². The average Bonchev–Trinajstić information content (AvgIpc) is 2.78. The zero-order valence-electron chi connectivity index (χ0n) is 20.9. The maximum absolute atomic E-state index is 14.4. The van der Waals surface area contributed by atoms with E-state index in [1.54, 1.807) is 11.9 Å². The molecule has 0 unspecified atom stereocenters. The molecule has 0 saturated carbocycles. The quantitative estimate of drug-likeness (QED) is 0.346. The van der Waals surface area contributed by atoms with E-state index in [0.717, 1.165) is 18.9 Å². The SMILES string of the molecule is CCCCN(C)Cc1cc(O)c2c(c1C(F)(F)F)C[C@H]1C[C@H]3CC(O)=C(C(N)=O)C(=O)[C@@]3(O)C(O)=C1C2=O. The molecule has 3 aliphatic rings. The first-order valence-corrected chi connectivity index (χ1v) is 12.2. The van der Waals surface area contributed by atoms with Gasteiger partial charge in [0.2, 0.25) is 5.78 Å². The molecule has 206 valence electrons. The van der Waals surface area contributed by atoms with Gasteiger partial charge in [0, 0.05) is 24.5 Å². The average molecular weight is 539 g/mol. The number of nitrogens with zero attached hydrogens (tertiary/aromatic N) is 1. The Balaban J connectivity index is 1.87. The summed E-state index contributed by atoms with van der Waals surface area (Å²) in [5.41, 5.74) is -1.38. The maximum atomic E-state index is 14.4. The smallest absolute Gasteiger partial charge is 0.417 e. The number of ketones is 2. The molecule has 3 aliphatic carbocycles. The van der Waals surface area contributed by atoms with Crippen molar-refractivity contribution in [2.75, 3.05) is 13.6 Å². The molecule has 0 radical (unpaired) electrons. The monoisotopic (exact) mass is 538 g/mol. The van der Waals surface area contributed by atoms with E-state index in [1.807, 2.05) is 6.92 Å². The second kappa shape index (κ2) is 9.42. The highest BCUT2D eigenvalue weighted by Gasteiger charge is 2.60. The lowest BCUT2D eigenvalue weighted by Gasteiger charge is -2.45. The fourth-order valence-electron chi connectivity index (χ4n) is 6.03. The van der Waals surface area contributed by atoms with Crippen molar-refractivity contribution < 1.29 is 48.0 Å². The van der Waals surface area contributed by atoms with Crippen molar-refractivity contribution in [1.82, 2.24) is 4.90 Å². The van der Waals surface area contributed by atoms with Crippen molar-refractivity contribution >= 4 is 17.5 Å². The van der Waals surface area contributed by atoms with Crippen molar-refractivity contribution in [2.24, 2.45) is 17.6 Å². The van der Waals surface area contributed by atoms with E-state index >= 15 is 0 Å². The van der Waals surface area contributed by atoms with Gasteiger partial charge >= 0.3 is 6.18 Å². The van der Waals surface area contributed by atoms with Crippen LogP contribution in [0, 0.1) is 11.8 Å². The van der Waals surface area contributed by atoms with Crippen LogP contribution in [0.25, 0.3) is 0 Å². The molecule has 9 nitrogen and oxygen atoms in total. The van der Waals surface area contributed by atoms with Gasteiger partial charge in [0.1, 0.15) is 22.8 Å². The van der Waals surface area contributed by atoms with Gasteiger partial charge in [0.15, 0.2) is 11.4 Å². The minimum absolute atomic E-state index is 0.131. The third-order valence-electron chi connectivity index (χ3n) is 7.76. The fraction of sp³-hybridized carbons (Fsp3) is 0.500. The summed E-state index contributed by atoms with van der Waals surface area (Å²) in [5, 5.41) is 43.2. The molecule has 1 aromatic rings. The van der Waals surface area contributed by atoms with Gasteiger partial charge < -0.3 is 31.1 Å². The normalized spacial score (nSPS) is 25.4. The van der Waals surface area contributed by atoms with Crippen molar-refractivity contribution in [3.05, 3.63) is 51.0 Å². The van der Waals surface area contributed by atoms with Crippen LogP contribution < -0.4 is 5.73 Å². The van der Waals surface area contributed by atoms with Gasteiger partial charge in [-0.2, -0.15) is 13.2 Å². The molecule has 3 atom stereocenters. The fourth-order valence-corrected chi connectivity index (χ4v) is 6.03. The number of Topliss-reactive ketones (excluding diaryl/α,β-unsaturated/α-hetero) is 2. The van der Waals surface area contributed by atoms with E-state index in [-0.39, 0.29) is 18.5 Å². The van der Waals surface area contributed by atoms with E-state index in [0.29, 0.717) is 6.54 Å². The summed E-state index contributed by atoms with van der Waals surface area (Å²) in [5.74, 6) is -8.70. The molecule has 38 heavy (non-hydrogen) atoms. The third-order valence-corrected chi connectivity index (χ3v) is 7.76. The van der Waals surface area contributed by atoms with E-state index in [1.165, 1.54) is 0 Å². The van der Waals surface area contributed by atoms with Crippen molar-refractivity contribution in [3.8, 4) is 5.75 Å². The van der Waals surface area contributed by atoms with Crippen LogP contribution in [-0.2, 0) is 28.7 Å². The molecule has 0 spiro atoms. The number of carbonyl (C=O) groups is 3. The highest BCUT2D eigenvalue weighted by atomic mass is 19.4. The van der Waals surface area contributed by atoms with E-state index < -0.39 is 99.0 Å². The zero-order chi connectivity index (χ0) is 28.3. The first-order valence-electron chi connectivity index (χ1n) is 12.2. The number of allylic oxidation sites excluding steroid dienone is 2. The predicted molar refractivity (Wildman–Crippen MR) is 127 cm³/mol. The van der Waals surface area contributed by atoms with Gasteiger partial charge in [-0.25, -0.2) is 0 Å². The van der Waals surface area contributed by atoms with Crippen LogP contribution in [0.4, 0.5) is 13.2 Å². The van der Waals surface area contributed by atoms with Gasteiger partial charge in [-0.3, -0.25) is 14.4 Å². The zero-order valence-corrected chi connectivity index (χ0v) is 20.9. The summed E-state index contributed by atoms with van der Waals surface area (Å²) in [6, 6.07) is 0.887. The number of aliphatic hydroxyl groups is 3. The van der Waals surface area contributed by atoms with Crippen LogP contribution >= 0.6 is 0 Å². The summed E-state index contributed by atoms with van der Waals surface area (Å²) in [6.07, 6.45) is -4.40. The molecule has 4 rings (SSSR count). The topological polar surface area (TPSA) is 161 Å². The van der Waals surface area contributed by atoms with Crippen LogP contribution in [0.5, 0.6) is 5.75 Å². The number of hydrogen-bond donors (Lipinski definition) is 5. The number of phenolic OH excluding ortho intramolecular Hbond substituents is 1. The molecule has 0 bridgehead atoms. The molecular weight excluding hydrogens is 509 g/mol. The number of halogens is 3. The maximum Gasteiger partial charge on any atom is 0.417 e. The number of fused-ring (bicyclic) bond motifs is 3. The van der Waals surface area contributed by atoms with Crippen LogP contribution in [0.2, 0.25) is 0 Å². The number of phenols is 1. The number of primary amides is 1. The summed E-state index contributed by atoms with van der Waals surface area (Å²) in [6.45, 7) is 2.33. The van der Waals surface area contributed by atoms with E-state index in [4.69, 9.17) is 5.73 Å². The molecule has 0 saturated heterocycles. The number of unbranched alkanes of at least 4 members (excludes halogenated alkanes) is 1. The van der Waals surface area contributed by atoms with E-state index in [9.17, 15) is 48.0 Å². The van der Waals surface area contributed by atoms with Gasteiger partial charge in [-0.1, -0.05) is 13.3 Å². The molecule has 1 amide bonds. The van der Waals surface area contributed by atoms with Crippen LogP contribution in [0.15, 0.2) is 28.7 Å². The lowest BCUT2D eigenvalue weighted by Crippen LogP contribution is -2.57. The molecular formula is C26H29F3N2O7. The second-order valence-corrected chi connectivity index (χ2v) is 10.3. The Morgan fingerprint density at radius 2 is 1.87 bits per heavy atom. The lowest BCUT2D eigenvalue weighted by atomic mass is 9.60. The number of nitrogens with two attached hydrogens (primary N) is 1. The van der Waals surface area contributed by atoms with Gasteiger partial charge in [-0.05, 0) is 56.0 Å². The number of aromatic hydroxyl groups is 1. The molecule has 0 fully saturated rings. The molecule has 0 heterocycles. The van der Waals surface area contributed by atoms with Crippen molar-refractivity contribution in [2.45, 2.75) is 57.3 Å². The summed E-state index contributed by atoms with van der Waals surface area (Å²) >= 11 is 0. The van der Waals surface area contributed by atoms with Crippen LogP contribution in [0.1, 0.15) is 59.7 Å². The first-order chi connectivity index (χ1) is 17.6. The predicted octanol–water partition coefficient (Wildman–Crippen LogP) is 2.83. The number of benzene rings is 1. The molecule has 0 aliphatic heterocycles. The minimum Gasteiger partial charge on any atom is -0.511 e. The molecule has 6 N–H and O–H groups in total. The summed E-state index contributed by atoms with van der Waals surface area (Å²) in [4.78, 5) is 39.9. The number of hydrogen-bond acceptors (Lipinski definition) is 8. The second-order valence-electron chi connectivity index (χ2n) is 10.3. The summed E-state index contributed by atoms with van der Waals surface area (Å²) < 4.78 is 43.2. The Morgan fingerprint density at radius 1 is 1.21 bits per heavy atom. The largest absolute Gasteiger partial charge is 0.511 e. The van der Waals surface area contributed by atoms with Gasteiger partial charge in [0.05, 0.1) is 11.1 Å². The first kappa shape index (κ1) is 27.6. The Morgan fingerprint density at radius 3 is 2.45 bits per heavy atom. The number of rotatable bonds is 6. The van der Waals surface area contributed by atoms with Gasteiger partial charge in [-0.15, -0.1) is 0 Å². The molecule has 1 aromatic carbocycles. The third kappa shape index (κ3) is 4.15. The number of alkyl halides is 3. The number of aliphatic hydroxyl groups excluding tert-OH is 2. The minimum atomic E-state index is -4.87. The Bertz CT molecular complexity index is 1300. The Kier molecular flexibility index (Phi) is 6.86. The lowest BCUT2D eigenvalue weighted by molar-refractivity contribution is -0.144. The molecule has 12 heteroatoms. The van der Waals surface area contributed by atoms with Crippen molar-refractivity contribution in [3.63, 3.8) is 0 Å². The number of carbonyl (C=O) groups excluding carboxylic acids is 3. The highest BCUT2D eigenvalue weighted by molar-refractivity contribution is 6.24. The Hall–Kier alpha value is -3.38. The molecule has 0 aromatic heterocycles. The van der Waals surface area contributed by atoms with Gasteiger partial charge in [0.25, 0.3) is 5.91 Å². The van der Waals surface area contributed by atoms with Crippen molar-refractivity contribution in [1.29, 1.82) is 0 Å². The van der Waals surface area contributed by atoms with Crippen LogP contribution in [0.3, 0.4) is 0 Å². The van der Waals surface area contributed by atoms with Crippen LogP contribution in [-0.4, -0.2) is 62.0 Å². The highest BCUT2D eigenvalue weighted by Crippen LogP contribution is 2.53. The number of amides is 1.